The first-order valence-corrected chi connectivity index (χ1v) is 7.22. The summed E-state index contributed by atoms with van der Waals surface area (Å²) in [5, 5.41) is 6.93. The van der Waals surface area contributed by atoms with Gasteiger partial charge in [-0.25, -0.2) is 4.98 Å². The van der Waals surface area contributed by atoms with Gasteiger partial charge >= 0.3 is 0 Å². The number of benzene rings is 1. The summed E-state index contributed by atoms with van der Waals surface area (Å²) in [5.41, 5.74) is 5.03. The number of nitrogens with zero attached hydrogens (tertiary/aromatic N) is 1. The van der Waals surface area contributed by atoms with Crippen LogP contribution in [0.2, 0.25) is 0 Å². The Morgan fingerprint density at radius 3 is 3.00 bits per heavy atom. The first-order chi connectivity index (χ1) is 9.74. The smallest absolute Gasteiger partial charge is 0.208 e. The van der Waals surface area contributed by atoms with Gasteiger partial charge in [-0.3, -0.25) is 0 Å². The van der Waals surface area contributed by atoms with Crippen molar-refractivity contribution in [2.45, 2.75) is 39.8 Å². The first kappa shape index (κ1) is 13.2. The van der Waals surface area contributed by atoms with Crippen molar-refractivity contribution in [1.29, 1.82) is 0 Å². The highest BCUT2D eigenvalue weighted by Crippen LogP contribution is 2.25. The maximum atomic E-state index is 5.58. The minimum Gasteiger partial charge on any atom is -0.444 e. The second-order valence-electron chi connectivity index (χ2n) is 5.33. The third-order valence-electron chi connectivity index (χ3n) is 3.83. The lowest BCUT2D eigenvalue weighted by molar-refractivity contribution is 0.448. The maximum Gasteiger partial charge on any atom is 0.208 e. The molecule has 4 heteroatoms. The molecule has 1 aliphatic heterocycles. The zero-order chi connectivity index (χ0) is 13.9. The predicted octanol–water partition coefficient (Wildman–Crippen LogP) is 2.94. The summed E-state index contributed by atoms with van der Waals surface area (Å²) >= 11 is 0. The number of oxazole rings is 1. The molecular weight excluding hydrogens is 250 g/mol. The highest BCUT2D eigenvalue weighted by molar-refractivity contribution is 5.59. The second kappa shape index (κ2) is 5.67. The zero-order valence-corrected chi connectivity index (χ0v) is 12.1. The largest absolute Gasteiger partial charge is 0.444 e. The third kappa shape index (κ3) is 2.70. The summed E-state index contributed by atoms with van der Waals surface area (Å²) in [4.78, 5) is 4.38. The van der Waals surface area contributed by atoms with Crippen LogP contribution in [0.4, 0.5) is 5.69 Å². The quantitative estimate of drug-likeness (QED) is 0.897. The Hall–Kier alpha value is -1.81. The van der Waals surface area contributed by atoms with Crippen LogP contribution < -0.4 is 10.6 Å². The van der Waals surface area contributed by atoms with Crippen LogP contribution in [0.1, 0.15) is 34.9 Å². The van der Waals surface area contributed by atoms with Crippen LogP contribution in [0.5, 0.6) is 0 Å². The summed E-state index contributed by atoms with van der Waals surface area (Å²) in [6.07, 6.45) is 2.40. The number of fused-ring (bicyclic) bond motifs is 1. The van der Waals surface area contributed by atoms with Crippen LogP contribution in [0.15, 0.2) is 22.6 Å². The molecule has 4 nitrogen and oxygen atoms in total. The molecule has 0 aliphatic carbocycles. The fourth-order valence-corrected chi connectivity index (χ4v) is 2.65. The molecule has 0 atom stereocenters. The second-order valence-corrected chi connectivity index (χ2v) is 5.33. The van der Waals surface area contributed by atoms with E-state index in [9.17, 15) is 0 Å². The lowest BCUT2D eigenvalue weighted by Gasteiger charge is -2.21. The summed E-state index contributed by atoms with van der Waals surface area (Å²) < 4.78 is 5.58. The average molecular weight is 271 g/mol. The van der Waals surface area contributed by atoms with Gasteiger partial charge in [-0.05, 0) is 37.8 Å². The van der Waals surface area contributed by atoms with E-state index in [0.717, 1.165) is 30.4 Å². The Kier molecular flexibility index (Phi) is 3.74. The van der Waals surface area contributed by atoms with Gasteiger partial charge in [-0.15, -0.1) is 0 Å². The van der Waals surface area contributed by atoms with Crippen LogP contribution in [-0.2, 0) is 19.5 Å². The monoisotopic (exact) mass is 271 g/mol. The first-order valence-electron chi connectivity index (χ1n) is 7.22. The molecule has 0 amide bonds. The van der Waals surface area contributed by atoms with E-state index in [0.29, 0.717) is 6.54 Å². The number of hydrogen-bond acceptors (Lipinski definition) is 4. The van der Waals surface area contributed by atoms with E-state index in [4.69, 9.17) is 4.42 Å². The maximum absolute atomic E-state index is 5.58. The van der Waals surface area contributed by atoms with Gasteiger partial charge in [0.1, 0.15) is 5.76 Å². The molecule has 0 fully saturated rings. The number of aryl methyl sites for hydroxylation is 3. The van der Waals surface area contributed by atoms with Gasteiger partial charge in [-0.2, -0.15) is 0 Å². The Balaban J connectivity index is 1.64. The highest BCUT2D eigenvalue weighted by Gasteiger charge is 2.12. The minimum atomic E-state index is 0.665. The molecule has 1 aromatic carbocycles. The summed E-state index contributed by atoms with van der Waals surface area (Å²) in [7, 11) is 0. The van der Waals surface area contributed by atoms with Crippen molar-refractivity contribution in [3.05, 3.63) is 46.7 Å². The van der Waals surface area contributed by atoms with Crippen LogP contribution in [-0.4, -0.2) is 11.5 Å². The lowest BCUT2D eigenvalue weighted by Crippen LogP contribution is -2.18. The van der Waals surface area contributed by atoms with Crippen LogP contribution in [0.3, 0.4) is 0 Å². The molecular formula is C16H21N3O. The molecule has 2 aromatic rings. The van der Waals surface area contributed by atoms with E-state index >= 15 is 0 Å². The van der Waals surface area contributed by atoms with Gasteiger partial charge in [0.05, 0.1) is 12.2 Å². The SMILES string of the molecule is Cc1nc(CNCc2cccc3c2NCCC3)oc1C. The fourth-order valence-electron chi connectivity index (χ4n) is 2.65. The standard InChI is InChI=1S/C16H21N3O/c1-11-12(2)20-15(19-11)10-17-9-14-6-3-5-13-7-4-8-18-16(13)14/h3,5-6,17-18H,4,7-10H2,1-2H3. The minimum absolute atomic E-state index is 0.665. The van der Waals surface area contributed by atoms with Crippen LogP contribution in [0, 0.1) is 13.8 Å². The van der Waals surface area contributed by atoms with Crippen LogP contribution in [0.25, 0.3) is 0 Å². The Labute approximate surface area is 119 Å². The van der Waals surface area contributed by atoms with E-state index in [-0.39, 0.29) is 0 Å². The molecule has 0 radical (unpaired) electrons. The molecule has 0 saturated heterocycles. The van der Waals surface area contributed by atoms with Gasteiger partial charge < -0.3 is 15.1 Å². The van der Waals surface area contributed by atoms with Gasteiger partial charge in [0.25, 0.3) is 0 Å². The number of nitrogens with one attached hydrogen (secondary N) is 2. The number of aromatic nitrogens is 1. The Morgan fingerprint density at radius 2 is 2.20 bits per heavy atom. The molecule has 0 spiro atoms. The number of rotatable bonds is 4. The van der Waals surface area contributed by atoms with Gasteiger partial charge in [0.2, 0.25) is 5.89 Å². The molecule has 2 N–H and O–H groups in total. The van der Waals surface area contributed by atoms with Gasteiger partial charge in [0, 0.05) is 18.8 Å². The Bertz CT molecular complexity index is 584. The normalized spacial score (nSPS) is 13.9. The number of anilines is 1. The van der Waals surface area contributed by atoms with E-state index in [1.165, 1.54) is 29.7 Å². The zero-order valence-electron chi connectivity index (χ0n) is 12.1. The van der Waals surface area contributed by atoms with Gasteiger partial charge in [0.15, 0.2) is 0 Å². The van der Waals surface area contributed by atoms with Gasteiger partial charge in [-0.1, -0.05) is 18.2 Å². The summed E-state index contributed by atoms with van der Waals surface area (Å²) in [6.45, 7) is 6.49. The topological polar surface area (TPSA) is 50.1 Å². The predicted molar refractivity (Wildman–Crippen MR) is 79.8 cm³/mol. The Morgan fingerprint density at radius 1 is 1.30 bits per heavy atom. The van der Waals surface area contributed by atoms with E-state index in [1.54, 1.807) is 0 Å². The molecule has 0 unspecified atom stereocenters. The molecule has 3 rings (SSSR count). The fraction of sp³-hybridized carbons (Fsp3) is 0.438. The molecule has 20 heavy (non-hydrogen) atoms. The molecule has 0 bridgehead atoms. The van der Waals surface area contributed by atoms with Crippen molar-refractivity contribution in [3.8, 4) is 0 Å². The average Bonchev–Trinajstić information content (AvgIpc) is 2.78. The van der Waals surface area contributed by atoms with E-state index in [2.05, 4.69) is 33.8 Å². The van der Waals surface area contributed by atoms with Crippen molar-refractivity contribution in [2.75, 3.05) is 11.9 Å². The van der Waals surface area contributed by atoms with E-state index < -0.39 is 0 Å². The van der Waals surface area contributed by atoms with E-state index in [1.807, 2.05) is 13.8 Å². The van der Waals surface area contributed by atoms with Crippen molar-refractivity contribution in [2.24, 2.45) is 0 Å². The molecule has 0 saturated carbocycles. The molecule has 1 aliphatic rings. The van der Waals surface area contributed by atoms with Crippen molar-refractivity contribution < 1.29 is 4.42 Å². The van der Waals surface area contributed by atoms with Crippen LogP contribution >= 0.6 is 0 Å². The highest BCUT2D eigenvalue weighted by atomic mass is 16.4. The third-order valence-corrected chi connectivity index (χ3v) is 3.83. The summed E-state index contributed by atoms with van der Waals surface area (Å²) in [5.74, 6) is 1.67. The van der Waals surface area contributed by atoms with Crippen molar-refractivity contribution >= 4 is 5.69 Å². The number of para-hydroxylation sites is 1. The molecule has 2 heterocycles. The number of hydrogen-bond donors (Lipinski definition) is 2. The summed E-state index contributed by atoms with van der Waals surface area (Å²) in [6, 6.07) is 6.53. The van der Waals surface area contributed by atoms with Crippen molar-refractivity contribution in [1.82, 2.24) is 10.3 Å². The molecule has 106 valence electrons. The molecule has 1 aromatic heterocycles. The lowest BCUT2D eigenvalue weighted by atomic mass is 9.99. The van der Waals surface area contributed by atoms with Crippen molar-refractivity contribution in [3.63, 3.8) is 0 Å².